The smallest absolute Gasteiger partial charge is 0.140 e. The Balaban J connectivity index is 2.33. The van der Waals surface area contributed by atoms with Crippen LogP contribution in [0.5, 0.6) is 5.75 Å². The van der Waals surface area contributed by atoms with Crippen molar-refractivity contribution in [1.29, 1.82) is 0 Å². The van der Waals surface area contributed by atoms with Gasteiger partial charge in [-0.2, -0.15) is 0 Å². The van der Waals surface area contributed by atoms with Gasteiger partial charge in [-0.05, 0) is 24.6 Å². The van der Waals surface area contributed by atoms with Gasteiger partial charge in [0, 0.05) is 31.0 Å². The second-order valence-electron chi connectivity index (χ2n) is 3.33. The third kappa shape index (κ3) is 1.86. The molecule has 4 heteroatoms. The monoisotopic (exact) mass is 214 g/mol. The van der Waals surface area contributed by atoms with Crippen LogP contribution in [0.4, 0.5) is 4.39 Å². The lowest BCUT2D eigenvalue weighted by Crippen LogP contribution is -2.00. The summed E-state index contributed by atoms with van der Waals surface area (Å²) in [5, 5.41) is 0. The van der Waals surface area contributed by atoms with Gasteiger partial charge in [0.2, 0.25) is 0 Å². The Morgan fingerprint density at radius 1 is 1.50 bits per heavy atom. The highest BCUT2D eigenvalue weighted by Crippen LogP contribution is 2.33. The molecule has 0 spiro atoms. The van der Waals surface area contributed by atoms with Crippen LogP contribution in [0.3, 0.4) is 0 Å². The molecule has 0 saturated carbocycles. The molecule has 2 rings (SSSR count). The van der Waals surface area contributed by atoms with Gasteiger partial charge in [0.1, 0.15) is 11.6 Å². The maximum atomic E-state index is 13.0. The first-order valence-corrected chi connectivity index (χ1v) is 4.86. The maximum Gasteiger partial charge on any atom is 0.140 e. The van der Waals surface area contributed by atoms with E-state index in [9.17, 15) is 4.39 Å². The molecule has 2 nitrogen and oxygen atoms in total. The zero-order valence-electron chi connectivity index (χ0n) is 7.57. The average Bonchev–Trinajstić information content (AvgIpc) is 2.70. The molecule has 0 bridgehead atoms. The van der Waals surface area contributed by atoms with Crippen molar-refractivity contribution in [3.05, 3.63) is 29.6 Å². The second-order valence-corrected chi connectivity index (χ2v) is 3.52. The van der Waals surface area contributed by atoms with Crippen LogP contribution >= 0.6 is 12.9 Å². The number of hydrogen-bond acceptors (Lipinski definition) is 3. The number of hydrogen-bond donors (Lipinski definition) is 1. The Morgan fingerprint density at radius 2 is 2.36 bits per heavy atom. The van der Waals surface area contributed by atoms with Gasteiger partial charge in [-0.15, -0.1) is 0 Å². The van der Waals surface area contributed by atoms with E-state index < -0.39 is 0 Å². The molecule has 1 unspecified atom stereocenters. The van der Waals surface area contributed by atoms with E-state index in [0.717, 1.165) is 18.6 Å². The average molecular weight is 214 g/mol. The quantitative estimate of drug-likeness (QED) is 0.602. The molecule has 1 saturated heterocycles. The highest BCUT2D eigenvalue weighted by molar-refractivity contribution is 7.75. The third-order valence-corrected chi connectivity index (χ3v) is 2.64. The first-order valence-electron chi connectivity index (χ1n) is 4.50. The molecule has 1 aliphatic heterocycles. The summed E-state index contributed by atoms with van der Waals surface area (Å²) < 4.78 is 23.1. The van der Waals surface area contributed by atoms with Crippen LogP contribution in [0, 0.1) is 5.82 Å². The van der Waals surface area contributed by atoms with E-state index in [0.29, 0.717) is 12.4 Å². The van der Waals surface area contributed by atoms with Crippen molar-refractivity contribution in [3.8, 4) is 5.75 Å². The van der Waals surface area contributed by atoms with Crippen molar-refractivity contribution in [1.82, 2.24) is 0 Å². The Bertz CT molecular complexity index is 324. The molecule has 0 N–H and O–H groups in total. The number of ether oxygens (including phenoxy) is 1. The van der Waals surface area contributed by atoms with Gasteiger partial charge in [-0.3, -0.25) is 0 Å². The SMILES string of the molecule is Fc1ccc(OS)c(C2CCOC2)c1. The van der Waals surface area contributed by atoms with Gasteiger partial charge >= 0.3 is 0 Å². The van der Waals surface area contributed by atoms with Crippen molar-refractivity contribution in [2.24, 2.45) is 0 Å². The largest absolute Gasteiger partial charge is 0.429 e. The van der Waals surface area contributed by atoms with Gasteiger partial charge in [0.05, 0.1) is 6.61 Å². The van der Waals surface area contributed by atoms with Crippen LogP contribution in [0.25, 0.3) is 0 Å². The van der Waals surface area contributed by atoms with E-state index in [1.54, 1.807) is 6.07 Å². The van der Waals surface area contributed by atoms with Gasteiger partial charge in [0.25, 0.3) is 0 Å². The highest BCUT2D eigenvalue weighted by Gasteiger charge is 2.21. The first-order chi connectivity index (χ1) is 6.81. The predicted molar refractivity (Wildman–Crippen MR) is 54.2 cm³/mol. The maximum absolute atomic E-state index is 13.0. The summed E-state index contributed by atoms with van der Waals surface area (Å²) in [7, 11) is 0. The fraction of sp³-hybridized carbons (Fsp3) is 0.400. The van der Waals surface area contributed by atoms with Gasteiger partial charge < -0.3 is 8.92 Å². The van der Waals surface area contributed by atoms with E-state index in [4.69, 9.17) is 8.92 Å². The lowest BCUT2D eigenvalue weighted by molar-refractivity contribution is 0.193. The van der Waals surface area contributed by atoms with Crippen molar-refractivity contribution in [2.75, 3.05) is 13.2 Å². The lowest BCUT2D eigenvalue weighted by Gasteiger charge is -2.11. The van der Waals surface area contributed by atoms with E-state index in [1.807, 2.05) is 0 Å². The molecule has 0 aliphatic carbocycles. The molecule has 1 heterocycles. The standard InChI is InChI=1S/C10H11FO2S/c11-8-1-2-10(13-14)9(5-8)7-3-4-12-6-7/h1-2,5,7,14H,3-4,6H2. The molecule has 1 fully saturated rings. The second kappa shape index (κ2) is 4.19. The molecule has 1 aromatic carbocycles. The molecular weight excluding hydrogens is 203 g/mol. The molecule has 0 amide bonds. The van der Waals surface area contributed by atoms with Crippen molar-refractivity contribution < 1.29 is 13.3 Å². The van der Waals surface area contributed by atoms with Crippen LogP contribution < -0.4 is 4.18 Å². The van der Waals surface area contributed by atoms with E-state index in [2.05, 4.69) is 12.9 Å². The van der Waals surface area contributed by atoms with Crippen LogP contribution in [-0.4, -0.2) is 13.2 Å². The Morgan fingerprint density at radius 3 is 3.00 bits per heavy atom. The van der Waals surface area contributed by atoms with Gasteiger partial charge in [-0.1, -0.05) is 0 Å². The first kappa shape index (κ1) is 9.80. The van der Waals surface area contributed by atoms with Crippen LogP contribution in [-0.2, 0) is 4.74 Å². The van der Waals surface area contributed by atoms with Crippen molar-refractivity contribution >= 4 is 12.9 Å². The van der Waals surface area contributed by atoms with Crippen molar-refractivity contribution in [2.45, 2.75) is 12.3 Å². The molecule has 0 aromatic heterocycles. The highest BCUT2D eigenvalue weighted by atomic mass is 32.1. The Kier molecular flexibility index (Phi) is 2.93. The van der Waals surface area contributed by atoms with Gasteiger partial charge in [0.15, 0.2) is 0 Å². The third-order valence-electron chi connectivity index (χ3n) is 2.44. The molecule has 1 aromatic rings. The normalized spacial score (nSPS) is 21.1. The number of thiol groups is 1. The van der Waals surface area contributed by atoms with Gasteiger partial charge in [-0.25, -0.2) is 4.39 Å². The van der Waals surface area contributed by atoms with Crippen LogP contribution in [0.2, 0.25) is 0 Å². The van der Waals surface area contributed by atoms with Crippen LogP contribution in [0.1, 0.15) is 17.9 Å². The summed E-state index contributed by atoms with van der Waals surface area (Å²) in [6.07, 6.45) is 0.910. The molecule has 76 valence electrons. The van der Waals surface area contributed by atoms with E-state index >= 15 is 0 Å². The molecule has 1 atom stereocenters. The molecule has 1 aliphatic rings. The van der Waals surface area contributed by atoms with E-state index in [-0.39, 0.29) is 11.7 Å². The molecule has 14 heavy (non-hydrogen) atoms. The summed E-state index contributed by atoms with van der Waals surface area (Å²) in [6.45, 7) is 1.36. The number of rotatable bonds is 2. The Labute approximate surface area is 87.6 Å². The zero-order valence-corrected chi connectivity index (χ0v) is 8.47. The lowest BCUT2D eigenvalue weighted by atomic mass is 9.97. The number of benzene rings is 1. The van der Waals surface area contributed by atoms with E-state index in [1.165, 1.54) is 12.1 Å². The fourth-order valence-electron chi connectivity index (χ4n) is 1.70. The summed E-state index contributed by atoms with van der Waals surface area (Å²) in [6, 6.07) is 4.45. The number of halogens is 1. The minimum Gasteiger partial charge on any atom is -0.429 e. The Hall–Kier alpha value is -0.740. The molecule has 0 radical (unpaired) electrons. The minimum absolute atomic E-state index is 0.229. The molecular formula is C10H11FO2S. The fourth-order valence-corrected chi connectivity index (χ4v) is 1.87. The topological polar surface area (TPSA) is 18.5 Å². The summed E-state index contributed by atoms with van der Waals surface area (Å²) in [5.74, 6) is 0.596. The summed E-state index contributed by atoms with van der Waals surface area (Å²) in [4.78, 5) is 0. The minimum atomic E-state index is -0.249. The summed E-state index contributed by atoms with van der Waals surface area (Å²) >= 11 is 3.74. The summed E-state index contributed by atoms with van der Waals surface area (Å²) in [5.41, 5.74) is 0.845. The zero-order chi connectivity index (χ0) is 9.97. The predicted octanol–water partition coefficient (Wildman–Crippen LogP) is 2.55. The van der Waals surface area contributed by atoms with Crippen LogP contribution in [0.15, 0.2) is 18.2 Å². The van der Waals surface area contributed by atoms with Crippen molar-refractivity contribution in [3.63, 3.8) is 0 Å².